The fraction of sp³-hybridized carbons (Fsp3) is 0.455. The lowest BCUT2D eigenvalue weighted by molar-refractivity contribution is 0.382. The van der Waals surface area contributed by atoms with E-state index in [1.54, 1.807) is 0 Å². The van der Waals surface area contributed by atoms with E-state index in [1.165, 1.54) is 18.1 Å². The summed E-state index contributed by atoms with van der Waals surface area (Å²) in [5.41, 5.74) is 0.742. The molecule has 1 nitrogen and oxygen atoms in total. The van der Waals surface area contributed by atoms with Gasteiger partial charge in [0.2, 0.25) is 0 Å². The van der Waals surface area contributed by atoms with E-state index in [4.69, 9.17) is 14.8 Å². The van der Waals surface area contributed by atoms with Crippen LogP contribution >= 0.6 is 10.0 Å². The molecule has 0 heterocycles. The summed E-state index contributed by atoms with van der Waals surface area (Å²) in [6.07, 6.45) is 2.46. The van der Waals surface area contributed by atoms with Gasteiger partial charge in [-0.1, -0.05) is 43.2 Å². The zero-order valence-electron chi connectivity index (χ0n) is 8.58. The van der Waals surface area contributed by atoms with Crippen LogP contribution in [0.3, 0.4) is 0 Å². The van der Waals surface area contributed by atoms with E-state index < -0.39 is 13.2 Å². The van der Waals surface area contributed by atoms with Gasteiger partial charge in [-0.2, -0.15) is 0 Å². The molecule has 0 aliphatic carbocycles. The van der Waals surface area contributed by atoms with Crippen molar-refractivity contribution in [3.63, 3.8) is 0 Å². The maximum atomic E-state index is 6.22. The normalized spacial score (nSPS) is 9.86. The van der Waals surface area contributed by atoms with Crippen LogP contribution in [0.1, 0.15) is 19.8 Å². The third-order valence-electron chi connectivity index (χ3n) is 2.04. The van der Waals surface area contributed by atoms with Crippen molar-refractivity contribution in [2.75, 3.05) is 5.47 Å². The number of halogens is 1. The van der Waals surface area contributed by atoms with Crippen LogP contribution in [0.5, 0.6) is 5.75 Å². The second-order valence-electron chi connectivity index (χ2n) is 3.36. The fourth-order valence-electron chi connectivity index (χ4n) is 1.21. The van der Waals surface area contributed by atoms with Crippen molar-refractivity contribution in [1.29, 1.82) is 0 Å². The zero-order valence-corrected chi connectivity index (χ0v) is 10.5. The Balaban J connectivity index is 2.20. The minimum absolute atomic E-state index is 0.742. The van der Waals surface area contributed by atoms with Crippen LogP contribution < -0.4 is 4.74 Å². The van der Waals surface area contributed by atoms with Gasteiger partial charge in [-0.3, -0.25) is 10.0 Å². The molecule has 0 unspecified atom stereocenters. The molecule has 1 rings (SSSR count). The van der Waals surface area contributed by atoms with Crippen molar-refractivity contribution in [3.05, 3.63) is 30.3 Å². The number of ether oxygens (including phenoxy) is 1. The molecule has 3 heteroatoms. The molecule has 1 aromatic rings. The van der Waals surface area contributed by atoms with Gasteiger partial charge in [0.15, 0.2) is 0 Å². The molecule has 0 radical (unpaired) electrons. The standard InChI is InChI=1S/C7H7O.C4H9.Al.ClH/c1-8-7-5-3-2-4-6-7;1-3-4-2;;/h2-6H,1H2;1,3-4H2,2H3;;1H/q;;+1;/p-1. The first kappa shape index (κ1) is 11.9. The third kappa shape index (κ3) is 4.91. The fourth-order valence-corrected chi connectivity index (χ4v) is 3.26. The first-order valence-electron chi connectivity index (χ1n) is 5.15. The van der Waals surface area contributed by atoms with Gasteiger partial charge in [-0.15, -0.1) is 0 Å². The van der Waals surface area contributed by atoms with E-state index in [0.717, 1.165) is 11.2 Å². The molecule has 0 bridgehead atoms. The number of hydrogen-bond donors (Lipinski definition) is 0. The predicted molar refractivity (Wildman–Crippen MR) is 63.3 cm³/mol. The van der Waals surface area contributed by atoms with Crippen molar-refractivity contribution < 1.29 is 4.74 Å². The van der Waals surface area contributed by atoms with Gasteiger partial charge < -0.3 is 4.74 Å². The Labute approximate surface area is 94.6 Å². The minimum atomic E-state index is -1.14. The maximum absolute atomic E-state index is 6.22. The Morgan fingerprint density at radius 1 is 1.29 bits per heavy atom. The van der Waals surface area contributed by atoms with Crippen molar-refractivity contribution in [3.8, 4) is 5.75 Å². The molecule has 0 fully saturated rings. The Kier molecular flexibility index (Phi) is 6.11. The van der Waals surface area contributed by atoms with Crippen LogP contribution in [0, 0.1) is 0 Å². The molecule has 0 amide bonds. The summed E-state index contributed by atoms with van der Waals surface area (Å²) < 4.78 is 5.59. The Bertz CT molecular complexity index is 240. The van der Waals surface area contributed by atoms with Gasteiger partial charge in [-0.05, 0) is 12.1 Å². The van der Waals surface area contributed by atoms with Gasteiger partial charge in [0, 0.05) is 0 Å². The largest absolute Gasteiger partial charge is 0.507 e. The summed E-state index contributed by atoms with van der Waals surface area (Å²) in [6.45, 7) is 2.19. The summed E-state index contributed by atoms with van der Waals surface area (Å²) in [6, 6.07) is 9.88. The minimum Gasteiger partial charge on any atom is -0.507 e. The highest BCUT2D eigenvalue weighted by atomic mass is 35.6. The zero-order chi connectivity index (χ0) is 10.2. The summed E-state index contributed by atoms with van der Waals surface area (Å²) >= 11 is -1.14. The smallest absolute Gasteiger partial charge is 0.447 e. The average Bonchev–Trinajstić information content (AvgIpc) is 2.25. The lowest BCUT2D eigenvalue weighted by Gasteiger charge is -2.06. The van der Waals surface area contributed by atoms with Gasteiger partial charge in [0.1, 0.15) is 5.75 Å². The van der Waals surface area contributed by atoms with E-state index >= 15 is 0 Å². The van der Waals surface area contributed by atoms with Gasteiger partial charge >= 0.3 is 13.2 Å². The molecule has 0 aromatic heterocycles. The predicted octanol–water partition coefficient (Wildman–Crippen LogP) is 3.64. The van der Waals surface area contributed by atoms with Gasteiger partial charge in [-0.25, -0.2) is 0 Å². The lowest BCUT2D eigenvalue weighted by Crippen LogP contribution is -2.16. The number of para-hydroxylation sites is 1. The van der Waals surface area contributed by atoms with E-state index in [2.05, 4.69) is 6.92 Å². The summed E-state index contributed by atoms with van der Waals surface area (Å²) in [5.74, 6) is 0.933. The first-order valence-corrected chi connectivity index (χ1v) is 8.52. The Morgan fingerprint density at radius 2 is 2.00 bits per heavy atom. The highest BCUT2D eigenvalue weighted by Gasteiger charge is 2.14. The quantitative estimate of drug-likeness (QED) is 0.673. The van der Waals surface area contributed by atoms with Gasteiger partial charge in [0.25, 0.3) is 0 Å². The van der Waals surface area contributed by atoms with Gasteiger partial charge in [0.05, 0.1) is 5.47 Å². The molecular weight excluding hydrogens is 211 g/mol. The van der Waals surface area contributed by atoms with Crippen molar-refractivity contribution in [2.45, 2.75) is 25.0 Å². The molecular formula is C11H16AlClO. The van der Waals surface area contributed by atoms with E-state index in [0.29, 0.717) is 0 Å². The molecule has 0 spiro atoms. The molecule has 0 atom stereocenters. The molecule has 0 saturated heterocycles. The molecule has 0 saturated carbocycles. The number of benzene rings is 1. The van der Waals surface area contributed by atoms with E-state index in [9.17, 15) is 0 Å². The molecule has 14 heavy (non-hydrogen) atoms. The van der Waals surface area contributed by atoms with E-state index in [-0.39, 0.29) is 0 Å². The first-order chi connectivity index (χ1) is 6.83. The third-order valence-corrected chi connectivity index (χ3v) is 4.64. The highest BCUT2D eigenvalue weighted by Crippen LogP contribution is 2.11. The van der Waals surface area contributed by atoms with Crippen LogP contribution in [-0.4, -0.2) is 18.7 Å². The van der Waals surface area contributed by atoms with Crippen LogP contribution in [0.2, 0.25) is 5.28 Å². The number of hydrogen-bond acceptors (Lipinski definition) is 1. The highest BCUT2D eigenvalue weighted by molar-refractivity contribution is 7.06. The Morgan fingerprint density at radius 3 is 2.64 bits per heavy atom. The summed E-state index contributed by atoms with van der Waals surface area (Å²) in [7, 11) is 6.22. The number of unbranched alkanes of at least 4 members (excludes halogenated alkanes) is 1. The van der Waals surface area contributed by atoms with Crippen molar-refractivity contribution in [1.82, 2.24) is 0 Å². The monoisotopic (exact) mass is 226 g/mol. The second kappa shape index (κ2) is 7.18. The SMILES string of the molecule is CCC[CH2][Al]([Cl])[CH2]Oc1ccccc1. The van der Waals surface area contributed by atoms with Crippen LogP contribution in [0.25, 0.3) is 0 Å². The summed E-state index contributed by atoms with van der Waals surface area (Å²) in [5, 5.41) is 1.17. The van der Waals surface area contributed by atoms with Crippen LogP contribution in [0.15, 0.2) is 30.3 Å². The second-order valence-corrected chi connectivity index (χ2v) is 7.32. The topological polar surface area (TPSA) is 9.23 Å². The van der Waals surface area contributed by atoms with Crippen molar-refractivity contribution in [2.24, 2.45) is 0 Å². The van der Waals surface area contributed by atoms with Crippen LogP contribution in [0.4, 0.5) is 0 Å². The molecule has 0 N–H and O–H groups in total. The molecule has 0 aliphatic heterocycles. The molecule has 1 aromatic carbocycles. The van der Waals surface area contributed by atoms with Crippen molar-refractivity contribution >= 4 is 23.3 Å². The summed E-state index contributed by atoms with van der Waals surface area (Å²) in [4.78, 5) is 0. The van der Waals surface area contributed by atoms with Crippen LogP contribution in [-0.2, 0) is 0 Å². The molecule has 76 valence electrons. The average molecular weight is 227 g/mol. The maximum Gasteiger partial charge on any atom is 0.447 e. The molecule has 0 aliphatic rings. The Hall–Kier alpha value is -0.158. The lowest BCUT2D eigenvalue weighted by atomic mass is 10.3. The van der Waals surface area contributed by atoms with E-state index in [1.807, 2.05) is 30.3 Å². The number of rotatable bonds is 6.